The molecule has 12 nitrogen and oxygen atoms in total. The van der Waals surface area contributed by atoms with Gasteiger partial charge in [-0.15, -0.1) is 0 Å². The molecule has 1 saturated carbocycles. The van der Waals surface area contributed by atoms with Crippen molar-refractivity contribution in [2.45, 2.75) is 112 Å². The lowest BCUT2D eigenvalue weighted by molar-refractivity contribution is -0.307. The second-order valence-electron chi connectivity index (χ2n) is 9.91. The maximum absolute atomic E-state index is 11.1. The Balaban J connectivity index is 1.68. The first-order chi connectivity index (χ1) is 15.5. The lowest BCUT2D eigenvalue weighted by Gasteiger charge is -2.48. The molecule has 2 heterocycles. The van der Waals surface area contributed by atoms with Crippen molar-refractivity contribution in [1.82, 2.24) is 10.6 Å². The molecule has 0 radical (unpaired) electrons. The quantitative estimate of drug-likeness (QED) is 0.182. The van der Waals surface area contributed by atoms with E-state index < -0.39 is 60.7 Å². The Morgan fingerprint density at radius 3 is 2.15 bits per heavy atom. The van der Waals surface area contributed by atoms with Gasteiger partial charge in [-0.3, -0.25) is 0 Å². The number of nitrogens with two attached hydrogens (primary N) is 3. The Hall–Kier alpha value is -0.480. The lowest BCUT2D eigenvalue weighted by atomic mass is 9.84. The fraction of sp³-hybridized carbons (Fsp3) is 1.00. The summed E-state index contributed by atoms with van der Waals surface area (Å²) in [6, 6.07) is -2.11. The van der Waals surface area contributed by atoms with Crippen LogP contribution in [0.4, 0.5) is 0 Å². The van der Waals surface area contributed by atoms with E-state index in [-0.39, 0.29) is 24.8 Å². The average Bonchev–Trinajstić information content (AvgIpc) is 2.76. The van der Waals surface area contributed by atoms with E-state index in [1.165, 1.54) is 0 Å². The van der Waals surface area contributed by atoms with Gasteiger partial charge in [-0.05, 0) is 47.2 Å². The van der Waals surface area contributed by atoms with Crippen molar-refractivity contribution in [2.24, 2.45) is 17.2 Å². The molecule has 2 aliphatic heterocycles. The van der Waals surface area contributed by atoms with E-state index in [4.69, 9.17) is 36.1 Å². The Bertz CT molecular complexity index is 632. The zero-order valence-electron chi connectivity index (χ0n) is 20.0. The molecule has 4 unspecified atom stereocenters. The van der Waals surface area contributed by atoms with Gasteiger partial charge in [0.25, 0.3) is 0 Å². The Morgan fingerprint density at radius 2 is 1.58 bits per heavy atom. The van der Waals surface area contributed by atoms with Crippen LogP contribution in [0.25, 0.3) is 0 Å². The molecular weight excluding hydrogens is 434 g/mol. The van der Waals surface area contributed by atoms with Gasteiger partial charge < -0.3 is 62.1 Å². The minimum Gasteiger partial charge on any atom is -0.388 e. The van der Waals surface area contributed by atoms with Crippen molar-refractivity contribution in [3.05, 3.63) is 0 Å². The molecule has 13 atom stereocenters. The summed E-state index contributed by atoms with van der Waals surface area (Å²) in [5, 5.41) is 38.3. The fourth-order valence-electron chi connectivity index (χ4n) is 5.04. The first-order valence-corrected chi connectivity index (χ1v) is 11.8. The van der Waals surface area contributed by atoms with Crippen LogP contribution in [0.15, 0.2) is 0 Å². The van der Waals surface area contributed by atoms with E-state index >= 15 is 0 Å². The first-order valence-electron chi connectivity index (χ1n) is 11.8. The van der Waals surface area contributed by atoms with Gasteiger partial charge in [-0.1, -0.05) is 0 Å². The molecule has 0 spiro atoms. The van der Waals surface area contributed by atoms with Gasteiger partial charge in [-0.2, -0.15) is 0 Å². The van der Waals surface area contributed by atoms with E-state index in [2.05, 4.69) is 10.6 Å². The summed E-state index contributed by atoms with van der Waals surface area (Å²) in [5.74, 6) is 0. The summed E-state index contributed by atoms with van der Waals surface area (Å²) in [5.41, 5.74) is 17.5. The van der Waals surface area contributed by atoms with Gasteiger partial charge in [0.2, 0.25) is 0 Å². The second kappa shape index (κ2) is 11.1. The largest absolute Gasteiger partial charge is 0.388 e. The number of aliphatic hydroxyl groups is 3. The molecule has 0 aromatic carbocycles. The molecule has 0 bridgehead atoms. The molecule has 33 heavy (non-hydrogen) atoms. The smallest absolute Gasteiger partial charge is 0.185 e. The Kier molecular flexibility index (Phi) is 9.09. The highest BCUT2D eigenvalue weighted by molar-refractivity contribution is 5.02. The lowest BCUT2D eigenvalue weighted by Crippen LogP contribution is -2.68. The van der Waals surface area contributed by atoms with Crippen molar-refractivity contribution >= 4 is 0 Å². The number of rotatable bonds is 7. The molecule has 3 fully saturated rings. The van der Waals surface area contributed by atoms with Gasteiger partial charge in [0.1, 0.15) is 30.0 Å². The minimum atomic E-state index is -1.29. The molecule has 0 aromatic heterocycles. The predicted octanol–water partition coefficient (Wildman–Crippen LogP) is -3.33. The molecule has 2 saturated heterocycles. The standard InChI is InChI=1S/C21H43N5O7/c1-9(25-3)13-6-5-10(22)19(31-13)32-16-11(23)7-12(24)17(14(16)27)33-20-15(28)18(26-4)21(2,29)8-30-20/h9-20,25-29H,5-8,22-24H2,1-4H3/t9-,10-,11+,12-,13+,14?,15-,16?,17+,18?,19-,20?,21+/m1/s1. The monoisotopic (exact) mass is 477 g/mol. The zero-order valence-corrected chi connectivity index (χ0v) is 20.0. The van der Waals surface area contributed by atoms with Crippen LogP contribution < -0.4 is 27.8 Å². The van der Waals surface area contributed by atoms with Crippen LogP contribution in [0.5, 0.6) is 0 Å². The van der Waals surface area contributed by atoms with Gasteiger partial charge in [0, 0.05) is 18.1 Å². The van der Waals surface area contributed by atoms with E-state index in [1.54, 1.807) is 14.0 Å². The number of hydrogen-bond donors (Lipinski definition) is 8. The zero-order chi connectivity index (χ0) is 24.5. The molecular formula is C21H43N5O7. The molecule has 3 aliphatic rings. The number of hydrogen-bond acceptors (Lipinski definition) is 12. The molecule has 1 aliphatic carbocycles. The van der Waals surface area contributed by atoms with Crippen molar-refractivity contribution < 1.29 is 34.3 Å². The predicted molar refractivity (Wildman–Crippen MR) is 120 cm³/mol. The highest BCUT2D eigenvalue weighted by Crippen LogP contribution is 2.31. The fourth-order valence-corrected chi connectivity index (χ4v) is 5.04. The number of ether oxygens (including phenoxy) is 4. The maximum atomic E-state index is 11.1. The van der Waals surface area contributed by atoms with Crippen LogP contribution in [0.2, 0.25) is 0 Å². The minimum absolute atomic E-state index is 0.0620. The maximum Gasteiger partial charge on any atom is 0.185 e. The number of nitrogens with one attached hydrogen (secondary N) is 2. The van der Waals surface area contributed by atoms with Gasteiger partial charge in [-0.25, -0.2) is 0 Å². The second-order valence-corrected chi connectivity index (χ2v) is 9.91. The first kappa shape index (κ1) is 27.1. The van der Waals surface area contributed by atoms with Crippen LogP contribution >= 0.6 is 0 Å². The topological polar surface area (TPSA) is 200 Å². The van der Waals surface area contributed by atoms with E-state index in [0.29, 0.717) is 12.8 Å². The Labute approximate surface area is 195 Å². The van der Waals surface area contributed by atoms with Crippen molar-refractivity contribution in [2.75, 3.05) is 20.7 Å². The summed E-state index contributed by atoms with van der Waals surface area (Å²) < 4.78 is 23.7. The van der Waals surface area contributed by atoms with E-state index in [1.807, 2.05) is 14.0 Å². The van der Waals surface area contributed by atoms with Crippen LogP contribution in [0, 0.1) is 0 Å². The third-order valence-corrected chi connectivity index (χ3v) is 7.24. The highest BCUT2D eigenvalue weighted by atomic mass is 16.7. The summed E-state index contributed by atoms with van der Waals surface area (Å²) in [4.78, 5) is 0. The van der Waals surface area contributed by atoms with Gasteiger partial charge >= 0.3 is 0 Å². The Morgan fingerprint density at radius 1 is 0.970 bits per heavy atom. The van der Waals surface area contributed by atoms with E-state index in [0.717, 1.165) is 6.42 Å². The SMILES string of the molecule is CNC1[C@@H](O)C(O[C@@H]2C(O)C(O[C@H]3O[C@H]([C@@H](C)NC)CC[C@H]3N)[C@@H](N)C[C@H]2N)OC[C@]1(C)O. The summed E-state index contributed by atoms with van der Waals surface area (Å²) in [7, 11) is 3.49. The van der Waals surface area contributed by atoms with Gasteiger partial charge in [0.05, 0.1) is 24.8 Å². The average molecular weight is 478 g/mol. The third kappa shape index (κ3) is 5.85. The number of likely N-dealkylation sites (N-methyl/N-ethyl adjacent to an activating group) is 2. The molecule has 12 heteroatoms. The van der Waals surface area contributed by atoms with Crippen molar-refractivity contribution in [3.8, 4) is 0 Å². The van der Waals surface area contributed by atoms with Crippen molar-refractivity contribution in [1.29, 1.82) is 0 Å². The molecule has 3 rings (SSSR count). The van der Waals surface area contributed by atoms with E-state index in [9.17, 15) is 15.3 Å². The highest BCUT2D eigenvalue weighted by Gasteiger charge is 2.50. The summed E-state index contributed by atoms with van der Waals surface area (Å²) >= 11 is 0. The normalized spacial score (nSPS) is 50.2. The molecule has 194 valence electrons. The third-order valence-electron chi connectivity index (χ3n) is 7.24. The van der Waals surface area contributed by atoms with Crippen LogP contribution in [-0.4, -0.2) is 115 Å². The molecule has 0 amide bonds. The van der Waals surface area contributed by atoms with Crippen LogP contribution in [0.3, 0.4) is 0 Å². The van der Waals surface area contributed by atoms with Crippen LogP contribution in [0.1, 0.15) is 33.1 Å². The van der Waals surface area contributed by atoms with Crippen LogP contribution in [-0.2, 0) is 18.9 Å². The van der Waals surface area contributed by atoms with Crippen molar-refractivity contribution in [3.63, 3.8) is 0 Å². The summed E-state index contributed by atoms with van der Waals surface area (Å²) in [6.07, 6.45) is -4.22. The molecule has 0 aromatic rings. The number of aliphatic hydroxyl groups excluding tert-OH is 2. The van der Waals surface area contributed by atoms with Gasteiger partial charge in [0.15, 0.2) is 12.6 Å². The molecule has 11 N–H and O–H groups in total. The summed E-state index contributed by atoms with van der Waals surface area (Å²) in [6.45, 7) is 3.52.